The smallest absolute Gasteiger partial charge is 0.0937 e. The minimum atomic E-state index is -0.0961. The zero-order valence-electron chi connectivity index (χ0n) is 7.64. The van der Waals surface area contributed by atoms with Crippen LogP contribution in [0.25, 0.3) is 0 Å². The van der Waals surface area contributed by atoms with Crippen LogP contribution in [0.2, 0.25) is 0 Å². The number of alkyl halides is 1. The van der Waals surface area contributed by atoms with Crippen molar-refractivity contribution < 1.29 is 4.39 Å². The maximum atomic E-state index is 12.6. The van der Waals surface area contributed by atoms with Gasteiger partial charge >= 0.3 is 0 Å². The van der Waals surface area contributed by atoms with E-state index in [0.29, 0.717) is 12.0 Å². The number of hydrogen-bond acceptors (Lipinski definition) is 1. The van der Waals surface area contributed by atoms with Gasteiger partial charge in [-0.2, -0.15) is 0 Å². The number of piperidine rings is 2. The number of fused-ring (bicyclic) bond motifs is 1. The molecule has 2 saturated heterocycles. The number of hydrogen-bond donors (Lipinski definition) is 0. The Morgan fingerprint density at radius 2 is 1.92 bits per heavy atom. The number of halogens is 1. The van der Waals surface area contributed by atoms with Crippen molar-refractivity contribution in [2.75, 3.05) is 19.8 Å². The van der Waals surface area contributed by atoms with Crippen LogP contribution in [0.1, 0.15) is 32.1 Å². The van der Waals surface area contributed by atoms with E-state index in [2.05, 4.69) is 4.90 Å². The molecule has 0 N–H and O–H groups in total. The fourth-order valence-corrected chi connectivity index (χ4v) is 2.76. The van der Waals surface area contributed by atoms with E-state index in [1.807, 2.05) is 0 Å². The molecule has 2 unspecified atom stereocenters. The van der Waals surface area contributed by atoms with Gasteiger partial charge in [0, 0.05) is 12.0 Å². The average molecular weight is 171 g/mol. The molecule has 1 nitrogen and oxygen atoms in total. The predicted octanol–water partition coefficient (Wildman–Crippen LogP) is 2.22. The Balaban J connectivity index is 1.99. The van der Waals surface area contributed by atoms with Crippen LogP contribution < -0.4 is 0 Å². The van der Waals surface area contributed by atoms with Gasteiger partial charge in [-0.15, -0.1) is 0 Å². The molecule has 12 heavy (non-hydrogen) atoms. The van der Waals surface area contributed by atoms with Gasteiger partial charge in [-0.3, -0.25) is 4.39 Å². The summed E-state index contributed by atoms with van der Waals surface area (Å²) in [5, 5.41) is 0. The molecule has 0 aromatic carbocycles. The van der Waals surface area contributed by atoms with Crippen LogP contribution in [-0.4, -0.2) is 30.7 Å². The third-order valence-corrected chi connectivity index (χ3v) is 3.43. The highest BCUT2D eigenvalue weighted by molar-refractivity contribution is 4.86. The monoisotopic (exact) mass is 171 g/mol. The summed E-state index contributed by atoms with van der Waals surface area (Å²) in [6, 6.07) is 0.595. The van der Waals surface area contributed by atoms with Crippen molar-refractivity contribution in [1.82, 2.24) is 4.90 Å². The molecule has 2 rings (SSSR count). The van der Waals surface area contributed by atoms with Gasteiger partial charge in [0.25, 0.3) is 0 Å². The number of nitrogens with zero attached hydrogens (tertiary/aromatic N) is 1. The highest BCUT2D eigenvalue weighted by Crippen LogP contribution is 2.30. The molecule has 0 aromatic rings. The van der Waals surface area contributed by atoms with E-state index in [-0.39, 0.29) is 6.67 Å². The first-order valence-electron chi connectivity index (χ1n) is 5.22. The van der Waals surface area contributed by atoms with Gasteiger partial charge in [-0.25, -0.2) is 0 Å². The SMILES string of the molecule is FCC1CCCN2CCCCC12. The third kappa shape index (κ3) is 1.49. The second-order valence-electron chi connectivity index (χ2n) is 4.16. The van der Waals surface area contributed by atoms with Crippen molar-refractivity contribution in [3.05, 3.63) is 0 Å². The molecule has 0 saturated carbocycles. The maximum absolute atomic E-state index is 12.6. The standard InChI is InChI=1S/C10H18FN/c11-8-9-4-3-7-12-6-2-1-5-10(9)12/h9-10H,1-8H2. The lowest BCUT2D eigenvalue weighted by molar-refractivity contribution is 0.0481. The first-order valence-corrected chi connectivity index (χ1v) is 5.22. The summed E-state index contributed by atoms with van der Waals surface area (Å²) in [6.07, 6.45) is 6.23. The molecule has 2 aliphatic heterocycles. The highest BCUT2D eigenvalue weighted by atomic mass is 19.1. The van der Waals surface area contributed by atoms with Gasteiger partial charge in [0.15, 0.2) is 0 Å². The molecule has 2 fully saturated rings. The molecular weight excluding hydrogens is 153 g/mol. The van der Waals surface area contributed by atoms with Crippen LogP contribution in [0.3, 0.4) is 0 Å². The second-order valence-corrected chi connectivity index (χ2v) is 4.16. The largest absolute Gasteiger partial charge is 0.300 e. The van der Waals surface area contributed by atoms with Gasteiger partial charge in [0.05, 0.1) is 6.67 Å². The molecule has 70 valence electrons. The molecule has 0 bridgehead atoms. The van der Waals surface area contributed by atoms with Crippen molar-refractivity contribution in [1.29, 1.82) is 0 Å². The maximum Gasteiger partial charge on any atom is 0.0937 e. The van der Waals surface area contributed by atoms with Crippen molar-refractivity contribution >= 4 is 0 Å². The molecular formula is C10H18FN. The van der Waals surface area contributed by atoms with Gasteiger partial charge in [-0.05, 0) is 38.8 Å². The molecule has 0 radical (unpaired) electrons. The molecule has 2 atom stereocenters. The summed E-state index contributed by atoms with van der Waals surface area (Å²) in [4.78, 5) is 2.51. The van der Waals surface area contributed by atoms with Gasteiger partial charge in [0.1, 0.15) is 0 Å². The Morgan fingerprint density at radius 3 is 2.75 bits per heavy atom. The van der Waals surface area contributed by atoms with Crippen molar-refractivity contribution in [2.24, 2.45) is 5.92 Å². The van der Waals surface area contributed by atoms with Crippen LogP contribution in [-0.2, 0) is 0 Å². The second kappa shape index (κ2) is 3.73. The Hall–Kier alpha value is -0.110. The van der Waals surface area contributed by atoms with E-state index in [1.54, 1.807) is 0 Å². The fourth-order valence-electron chi connectivity index (χ4n) is 2.76. The summed E-state index contributed by atoms with van der Waals surface area (Å²) < 4.78 is 12.6. The topological polar surface area (TPSA) is 3.24 Å². The van der Waals surface area contributed by atoms with Crippen molar-refractivity contribution in [2.45, 2.75) is 38.1 Å². The summed E-state index contributed by atoms with van der Waals surface area (Å²) in [5.41, 5.74) is 0. The summed E-state index contributed by atoms with van der Waals surface area (Å²) >= 11 is 0. The molecule has 0 amide bonds. The lowest BCUT2D eigenvalue weighted by atomic mass is 9.84. The molecule has 0 aromatic heterocycles. The van der Waals surface area contributed by atoms with Crippen LogP contribution in [0.4, 0.5) is 4.39 Å². The Labute approximate surface area is 73.9 Å². The predicted molar refractivity (Wildman–Crippen MR) is 47.9 cm³/mol. The lowest BCUT2D eigenvalue weighted by Gasteiger charge is -2.43. The van der Waals surface area contributed by atoms with Crippen LogP contribution in [0, 0.1) is 5.92 Å². The van der Waals surface area contributed by atoms with E-state index in [4.69, 9.17) is 0 Å². The Bertz CT molecular complexity index is 140. The first kappa shape index (κ1) is 8.49. The third-order valence-electron chi connectivity index (χ3n) is 3.43. The number of rotatable bonds is 1. The Morgan fingerprint density at radius 1 is 1.08 bits per heavy atom. The van der Waals surface area contributed by atoms with Crippen LogP contribution in [0.5, 0.6) is 0 Å². The lowest BCUT2D eigenvalue weighted by Crippen LogP contribution is -2.48. The normalized spacial score (nSPS) is 37.8. The average Bonchev–Trinajstić information content (AvgIpc) is 2.17. The fraction of sp³-hybridized carbons (Fsp3) is 1.00. The first-order chi connectivity index (χ1) is 5.92. The summed E-state index contributed by atoms with van der Waals surface area (Å²) in [5.74, 6) is 0.360. The Kier molecular flexibility index (Phi) is 2.64. The molecule has 2 aliphatic rings. The zero-order chi connectivity index (χ0) is 8.39. The zero-order valence-corrected chi connectivity index (χ0v) is 7.64. The minimum Gasteiger partial charge on any atom is -0.300 e. The quantitative estimate of drug-likeness (QED) is 0.584. The summed E-state index contributed by atoms with van der Waals surface area (Å²) in [6.45, 7) is 2.35. The van der Waals surface area contributed by atoms with E-state index in [9.17, 15) is 4.39 Å². The van der Waals surface area contributed by atoms with Crippen LogP contribution >= 0.6 is 0 Å². The summed E-state index contributed by atoms with van der Waals surface area (Å²) in [7, 11) is 0. The molecule has 0 aliphatic carbocycles. The minimum absolute atomic E-state index is 0.0961. The van der Waals surface area contributed by atoms with E-state index in [0.717, 1.165) is 6.42 Å². The van der Waals surface area contributed by atoms with Crippen molar-refractivity contribution in [3.63, 3.8) is 0 Å². The van der Waals surface area contributed by atoms with Gasteiger partial charge in [-0.1, -0.05) is 6.42 Å². The van der Waals surface area contributed by atoms with Crippen molar-refractivity contribution in [3.8, 4) is 0 Å². The van der Waals surface area contributed by atoms with E-state index >= 15 is 0 Å². The highest BCUT2D eigenvalue weighted by Gasteiger charge is 2.32. The van der Waals surface area contributed by atoms with E-state index in [1.165, 1.54) is 38.8 Å². The van der Waals surface area contributed by atoms with Gasteiger partial charge in [0.2, 0.25) is 0 Å². The van der Waals surface area contributed by atoms with Gasteiger partial charge < -0.3 is 4.90 Å². The van der Waals surface area contributed by atoms with E-state index < -0.39 is 0 Å². The molecule has 2 heteroatoms. The van der Waals surface area contributed by atoms with Crippen LogP contribution in [0.15, 0.2) is 0 Å². The molecule has 0 spiro atoms. The molecule has 2 heterocycles.